The summed E-state index contributed by atoms with van der Waals surface area (Å²) < 4.78 is 33.6. The zero-order valence-corrected chi connectivity index (χ0v) is 26.6. The van der Waals surface area contributed by atoms with Crippen LogP contribution in [0.3, 0.4) is 0 Å². The van der Waals surface area contributed by atoms with Gasteiger partial charge in [-0.3, -0.25) is 18.7 Å². The molecular weight excluding hydrogens is 595 g/mol. The Balaban J connectivity index is 1.59. The second kappa shape index (κ2) is 11.4. The number of carbonyl (C=O) groups excluding carboxylic acids is 2. The van der Waals surface area contributed by atoms with Gasteiger partial charge >= 0.3 is 5.97 Å². The molecule has 0 radical (unpaired) electrons. The fourth-order valence-electron chi connectivity index (χ4n) is 4.84. The van der Waals surface area contributed by atoms with Crippen LogP contribution in [0.4, 0.5) is 5.82 Å². The zero-order chi connectivity index (χ0) is 30.5. The lowest BCUT2D eigenvalue weighted by Gasteiger charge is -2.27. The number of nitrogens with two attached hydrogens (primary N) is 1. The maximum absolute atomic E-state index is 14.5. The number of aromatic nitrogens is 4. The van der Waals surface area contributed by atoms with E-state index in [0.29, 0.717) is 11.2 Å². The van der Waals surface area contributed by atoms with E-state index < -0.39 is 53.4 Å². The highest BCUT2D eigenvalue weighted by Gasteiger charge is 2.77. The Morgan fingerprint density at radius 1 is 1.34 bits per heavy atom. The SMILES string of the molecule is CC(C)OC(=O)C(C)NP(=O)(OCCSC(=O)C(C)(C)C)[C@H]1C[C@]12O[C@@H](n1cnc3c(N)ncnc31)[C@](C)(Cl)[C@@H]2O. The second-order valence-electron chi connectivity index (χ2n) is 11.9. The van der Waals surface area contributed by atoms with E-state index in [1.165, 1.54) is 19.6 Å². The number of rotatable bonds is 10. The molecule has 4 rings (SSSR count). The van der Waals surface area contributed by atoms with Gasteiger partial charge in [0.05, 0.1) is 24.7 Å². The van der Waals surface area contributed by atoms with Crippen LogP contribution in [0.2, 0.25) is 0 Å². The van der Waals surface area contributed by atoms with Crippen LogP contribution in [0, 0.1) is 5.41 Å². The van der Waals surface area contributed by atoms with Gasteiger partial charge in [0.2, 0.25) is 0 Å². The standard InChI is InChI=1S/C25H38ClN6O7PS/c1-13(2)38-19(33)14(3)31-40(36,37-8-9-41-22(35)23(4,5)6)15-10-25(15)20(34)24(7,26)21(39-25)32-12-30-16-17(27)28-11-29-18(16)32/h11-15,20-21,34H,8-10H2,1-7H3,(H,31,36)(H2,27,28,29)/t14?,15-,20-,21+,24+,25-,40?/m0/s1. The van der Waals surface area contributed by atoms with Gasteiger partial charge in [-0.1, -0.05) is 32.5 Å². The third kappa shape index (κ3) is 6.15. The van der Waals surface area contributed by atoms with Gasteiger partial charge in [0, 0.05) is 11.2 Å². The number of hydrogen-bond donors (Lipinski definition) is 3. The maximum atomic E-state index is 14.5. The molecule has 1 spiro atoms. The minimum Gasteiger partial charge on any atom is -0.462 e. The highest BCUT2D eigenvalue weighted by atomic mass is 35.5. The number of imidazole rings is 1. The molecule has 1 aliphatic heterocycles. The molecule has 2 aromatic rings. The van der Waals surface area contributed by atoms with Crippen molar-refractivity contribution in [1.29, 1.82) is 0 Å². The minimum absolute atomic E-state index is 0.0343. The van der Waals surface area contributed by atoms with Crippen LogP contribution in [0.1, 0.15) is 61.1 Å². The van der Waals surface area contributed by atoms with Crippen LogP contribution in [0.15, 0.2) is 12.7 Å². The normalized spacial score (nSPS) is 30.0. The fraction of sp³-hybridized carbons (Fsp3) is 0.720. The molecule has 228 valence electrons. The first-order chi connectivity index (χ1) is 18.9. The molecular formula is C25H38ClN6O7PS. The maximum Gasteiger partial charge on any atom is 0.323 e. The molecule has 2 fully saturated rings. The number of hydrogen-bond acceptors (Lipinski definition) is 12. The molecule has 41 heavy (non-hydrogen) atoms. The van der Waals surface area contributed by atoms with Crippen molar-refractivity contribution < 1.29 is 33.3 Å². The van der Waals surface area contributed by atoms with Crippen LogP contribution in [-0.2, 0) is 28.2 Å². The van der Waals surface area contributed by atoms with E-state index in [1.807, 2.05) is 20.8 Å². The summed E-state index contributed by atoms with van der Waals surface area (Å²) in [7, 11) is -3.89. The number of aliphatic hydroxyl groups excluding tert-OH is 1. The number of halogens is 1. The quantitative estimate of drug-likeness (QED) is 0.150. The molecule has 0 bridgehead atoms. The molecule has 16 heteroatoms. The summed E-state index contributed by atoms with van der Waals surface area (Å²) in [6.07, 6.45) is 0.262. The average Bonchev–Trinajstić information content (AvgIpc) is 3.40. The first kappa shape index (κ1) is 32.1. The molecule has 1 saturated heterocycles. The molecule has 3 heterocycles. The first-order valence-electron chi connectivity index (χ1n) is 13.3. The Labute approximate surface area is 248 Å². The van der Waals surface area contributed by atoms with Crippen LogP contribution in [0.25, 0.3) is 11.2 Å². The number of esters is 1. The number of nitrogens with zero attached hydrogens (tertiary/aromatic N) is 4. The summed E-state index contributed by atoms with van der Waals surface area (Å²) in [5.41, 5.74) is 3.90. The lowest BCUT2D eigenvalue weighted by Crippen LogP contribution is -2.42. The Bertz CT molecular complexity index is 1370. The lowest BCUT2D eigenvalue weighted by molar-refractivity contribution is -0.149. The van der Waals surface area contributed by atoms with Crippen molar-refractivity contribution in [3.63, 3.8) is 0 Å². The number of nitrogens with one attached hydrogen (secondary N) is 1. The Kier molecular flexibility index (Phi) is 8.90. The summed E-state index contributed by atoms with van der Waals surface area (Å²) in [6, 6.07) is -0.987. The molecule has 2 aromatic heterocycles. The Morgan fingerprint density at radius 2 is 2.02 bits per heavy atom. The predicted molar refractivity (Wildman–Crippen MR) is 156 cm³/mol. The van der Waals surface area contributed by atoms with E-state index in [1.54, 1.807) is 25.3 Å². The molecule has 1 aliphatic carbocycles. The Hall–Kier alpha value is -1.80. The smallest absolute Gasteiger partial charge is 0.323 e. The summed E-state index contributed by atoms with van der Waals surface area (Å²) in [4.78, 5) is 36.0. The van der Waals surface area contributed by atoms with Crippen molar-refractivity contribution in [3.05, 3.63) is 12.7 Å². The Morgan fingerprint density at radius 3 is 2.66 bits per heavy atom. The number of ether oxygens (including phenoxy) is 2. The number of anilines is 1. The molecule has 7 atom stereocenters. The average molecular weight is 633 g/mol. The molecule has 2 aliphatic rings. The fourth-order valence-corrected chi connectivity index (χ4v) is 8.83. The number of alkyl halides is 1. The van der Waals surface area contributed by atoms with Crippen molar-refractivity contribution in [3.8, 4) is 0 Å². The number of carbonyl (C=O) groups is 2. The van der Waals surface area contributed by atoms with E-state index >= 15 is 0 Å². The van der Waals surface area contributed by atoms with Gasteiger partial charge in [-0.2, -0.15) is 0 Å². The molecule has 0 amide bonds. The largest absolute Gasteiger partial charge is 0.462 e. The monoisotopic (exact) mass is 632 g/mol. The molecule has 0 aromatic carbocycles. The van der Waals surface area contributed by atoms with Gasteiger partial charge in [0.25, 0.3) is 7.52 Å². The predicted octanol–water partition coefficient (Wildman–Crippen LogP) is 3.25. The van der Waals surface area contributed by atoms with E-state index in [4.69, 9.17) is 31.3 Å². The van der Waals surface area contributed by atoms with Crippen molar-refractivity contribution in [2.45, 2.75) is 95.5 Å². The number of fused-ring (bicyclic) bond motifs is 1. The first-order valence-corrected chi connectivity index (χ1v) is 16.4. The van der Waals surface area contributed by atoms with Gasteiger partial charge in [-0.05, 0) is 34.1 Å². The van der Waals surface area contributed by atoms with E-state index in [-0.39, 0.29) is 35.8 Å². The van der Waals surface area contributed by atoms with Gasteiger partial charge in [-0.25, -0.2) is 20.0 Å². The zero-order valence-electron chi connectivity index (χ0n) is 24.2. The van der Waals surface area contributed by atoms with Gasteiger partial charge in [0.1, 0.15) is 34.5 Å². The van der Waals surface area contributed by atoms with Crippen molar-refractivity contribution in [1.82, 2.24) is 24.6 Å². The van der Waals surface area contributed by atoms with Crippen LogP contribution in [0.5, 0.6) is 0 Å². The van der Waals surface area contributed by atoms with E-state index in [2.05, 4.69) is 20.0 Å². The third-order valence-corrected chi connectivity index (χ3v) is 11.5. The molecule has 2 unspecified atom stereocenters. The van der Waals surface area contributed by atoms with Crippen molar-refractivity contribution in [2.75, 3.05) is 18.1 Å². The van der Waals surface area contributed by atoms with E-state index in [0.717, 1.165) is 11.8 Å². The summed E-state index contributed by atoms with van der Waals surface area (Å²) in [5.74, 6) is -0.186. The van der Waals surface area contributed by atoms with Crippen molar-refractivity contribution in [2.24, 2.45) is 5.41 Å². The summed E-state index contributed by atoms with van der Waals surface area (Å²) in [5, 5.41) is 14.3. The summed E-state index contributed by atoms with van der Waals surface area (Å²) >= 11 is 7.99. The van der Waals surface area contributed by atoms with Crippen LogP contribution in [-0.4, -0.2) is 82.5 Å². The minimum atomic E-state index is -3.89. The van der Waals surface area contributed by atoms with Gasteiger partial charge in [-0.15, -0.1) is 11.6 Å². The summed E-state index contributed by atoms with van der Waals surface area (Å²) in [6.45, 7) is 12.0. The highest BCUT2D eigenvalue weighted by molar-refractivity contribution is 8.13. The topological polar surface area (TPSA) is 181 Å². The second-order valence-corrected chi connectivity index (χ2v) is 16.2. The van der Waals surface area contributed by atoms with Gasteiger partial charge < -0.3 is 24.8 Å². The highest BCUT2D eigenvalue weighted by Crippen LogP contribution is 2.72. The van der Waals surface area contributed by atoms with Crippen LogP contribution < -0.4 is 10.8 Å². The molecule has 4 N–H and O–H groups in total. The number of aliphatic hydroxyl groups is 1. The molecule has 1 saturated carbocycles. The third-order valence-electron chi connectivity index (χ3n) is 7.07. The van der Waals surface area contributed by atoms with E-state index in [9.17, 15) is 19.3 Å². The molecule has 13 nitrogen and oxygen atoms in total. The lowest BCUT2D eigenvalue weighted by atomic mass is 9.99. The van der Waals surface area contributed by atoms with Crippen LogP contribution >= 0.6 is 30.9 Å². The van der Waals surface area contributed by atoms with Crippen molar-refractivity contribution >= 4 is 58.9 Å². The number of thioether (sulfide) groups is 1. The number of nitrogen functional groups attached to an aromatic ring is 1. The van der Waals surface area contributed by atoms with Gasteiger partial charge in [0.15, 0.2) is 22.8 Å².